The lowest BCUT2D eigenvalue weighted by atomic mass is 9.85. The molecule has 1 aromatic heterocycles. The molecule has 1 heterocycles. The summed E-state index contributed by atoms with van der Waals surface area (Å²) in [6, 6.07) is 4.18. The van der Waals surface area contributed by atoms with E-state index in [1.807, 2.05) is 13.8 Å². The summed E-state index contributed by atoms with van der Waals surface area (Å²) < 4.78 is 24.8. The Kier molecular flexibility index (Phi) is 2.01. The maximum absolute atomic E-state index is 7.92. The third kappa shape index (κ3) is 2.26. The Balaban J connectivity index is 2.71. The van der Waals surface area contributed by atoms with E-state index in [1.54, 1.807) is 0 Å². The standard InChI is InChI=1S/C15H20N2/c1-11-8-13(15(3,4)5)9-12(2)14(11)17-7-6-16-10-17/h6-10H,1-5H3/i6D,7D,10D. The number of nitrogens with zero attached hydrogens (tertiary/aromatic N) is 2. The van der Waals surface area contributed by atoms with Crippen molar-refractivity contribution in [3.8, 4) is 5.69 Å². The topological polar surface area (TPSA) is 17.8 Å². The van der Waals surface area contributed by atoms with Gasteiger partial charge in [0.05, 0.1) is 14.7 Å². The second-order valence-corrected chi connectivity index (χ2v) is 5.48. The third-order valence-corrected chi connectivity index (χ3v) is 2.95. The van der Waals surface area contributed by atoms with Crippen LogP contribution in [-0.4, -0.2) is 9.55 Å². The fraction of sp³-hybridized carbons (Fsp3) is 0.400. The maximum atomic E-state index is 7.92. The lowest BCUT2D eigenvalue weighted by molar-refractivity contribution is 0.589. The van der Waals surface area contributed by atoms with Gasteiger partial charge in [-0.3, -0.25) is 0 Å². The number of rotatable bonds is 1. The average molecular weight is 231 g/mol. The first-order chi connectivity index (χ1) is 9.12. The van der Waals surface area contributed by atoms with E-state index in [0.29, 0.717) is 0 Å². The number of hydrogen-bond acceptors (Lipinski definition) is 1. The minimum atomic E-state index is -0.159. The summed E-state index contributed by atoms with van der Waals surface area (Å²) in [5, 5.41) is 0. The van der Waals surface area contributed by atoms with Crippen molar-refractivity contribution in [2.75, 3.05) is 0 Å². The van der Waals surface area contributed by atoms with E-state index in [0.717, 1.165) is 16.8 Å². The molecule has 0 fully saturated rings. The van der Waals surface area contributed by atoms with Crippen LogP contribution < -0.4 is 0 Å². The van der Waals surface area contributed by atoms with Crippen LogP contribution in [0.3, 0.4) is 0 Å². The Morgan fingerprint density at radius 2 is 1.76 bits per heavy atom. The molecule has 0 N–H and O–H groups in total. The van der Waals surface area contributed by atoms with Crippen LogP contribution >= 0.6 is 0 Å². The molecule has 0 atom stereocenters. The van der Waals surface area contributed by atoms with Gasteiger partial charge in [-0.15, -0.1) is 0 Å². The highest BCUT2D eigenvalue weighted by molar-refractivity contribution is 5.50. The summed E-state index contributed by atoms with van der Waals surface area (Å²) in [4.78, 5) is 3.75. The van der Waals surface area contributed by atoms with Gasteiger partial charge in [0.1, 0.15) is 1.37 Å². The van der Waals surface area contributed by atoms with Crippen molar-refractivity contribution in [3.63, 3.8) is 0 Å². The van der Waals surface area contributed by atoms with Gasteiger partial charge in [-0.25, -0.2) is 4.98 Å². The molecule has 0 aliphatic rings. The van der Waals surface area contributed by atoms with Crippen LogP contribution in [0.5, 0.6) is 0 Å². The van der Waals surface area contributed by atoms with Crippen molar-refractivity contribution in [1.29, 1.82) is 0 Å². The Morgan fingerprint density at radius 3 is 2.18 bits per heavy atom. The zero-order valence-electron chi connectivity index (χ0n) is 14.0. The lowest BCUT2D eigenvalue weighted by Crippen LogP contribution is -2.12. The Bertz CT molecular complexity index is 643. The Labute approximate surface area is 108 Å². The molecule has 0 aliphatic carbocycles. The number of hydrogen-bond donors (Lipinski definition) is 0. The van der Waals surface area contributed by atoms with Crippen molar-refractivity contribution < 1.29 is 4.11 Å². The molecule has 0 saturated heterocycles. The number of aryl methyl sites for hydroxylation is 2. The van der Waals surface area contributed by atoms with Crippen molar-refractivity contribution >= 4 is 0 Å². The van der Waals surface area contributed by atoms with Gasteiger partial charge < -0.3 is 4.57 Å². The molecule has 0 unspecified atom stereocenters. The Hall–Kier alpha value is -1.57. The summed E-state index contributed by atoms with van der Waals surface area (Å²) in [5.41, 5.74) is 4.06. The minimum absolute atomic E-state index is 0.0373. The summed E-state index contributed by atoms with van der Waals surface area (Å²) in [6.07, 6.45) is -0.256. The first kappa shape index (κ1) is 8.51. The summed E-state index contributed by atoms with van der Waals surface area (Å²) in [7, 11) is 0. The molecule has 0 amide bonds. The number of imidazole rings is 1. The third-order valence-electron chi connectivity index (χ3n) is 2.95. The van der Waals surface area contributed by atoms with Crippen LogP contribution in [-0.2, 0) is 5.41 Å². The molecule has 1 aromatic carbocycles. The molecule has 2 rings (SSSR count). The van der Waals surface area contributed by atoms with Crippen LogP contribution in [0.15, 0.2) is 30.8 Å². The van der Waals surface area contributed by atoms with E-state index in [1.165, 1.54) is 10.1 Å². The molecule has 2 nitrogen and oxygen atoms in total. The largest absolute Gasteiger partial charge is 0.306 e. The molecular formula is C15H20N2. The fourth-order valence-electron chi connectivity index (χ4n) is 2.02. The molecule has 17 heavy (non-hydrogen) atoms. The summed E-state index contributed by atoms with van der Waals surface area (Å²) in [5.74, 6) is 0. The molecule has 0 spiro atoms. The van der Waals surface area contributed by atoms with Crippen LogP contribution in [0.1, 0.15) is 41.6 Å². The molecule has 0 bridgehead atoms. The normalized spacial score (nSPS) is 14.3. The molecule has 2 aromatic rings. The molecule has 90 valence electrons. The molecular weight excluding hydrogens is 208 g/mol. The van der Waals surface area contributed by atoms with E-state index in [-0.39, 0.29) is 24.1 Å². The predicted octanol–water partition coefficient (Wildman–Crippen LogP) is 3.79. The average Bonchev–Trinajstić information content (AvgIpc) is 2.53. The van der Waals surface area contributed by atoms with Gasteiger partial charge in [-0.1, -0.05) is 32.9 Å². The second-order valence-electron chi connectivity index (χ2n) is 5.48. The first-order valence-electron chi connectivity index (χ1n) is 7.27. The van der Waals surface area contributed by atoms with E-state index in [9.17, 15) is 0 Å². The Morgan fingerprint density at radius 1 is 1.18 bits per heavy atom. The minimum Gasteiger partial charge on any atom is -0.306 e. The summed E-state index contributed by atoms with van der Waals surface area (Å²) in [6.45, 7) is 10.4. The van der Waals surface area contributed by atoms with Gasteiger partial charge >= 0.3 is 0 Å². The van der Waals surface area contributed by atoms with Crippen molar-refractivity contribution in [2.45, 2.75) is 40.0 Å². The monoisotopic (exact) mass is 231 g/mol. The second kappa shape index (κ2) is 4.02. The van der Waals surface area contributed by atoms with Gasteiger partial charge in [0.2, 0.25) is 0 Å². The highest BCUT2D eigenvalue weighted by Gasteiger charge is 2.16. The van der Waals surface area contributed by atoms with E-state index in [2.05, 4.69) is 37.9 Å². The van der Waals surface area contributed by atoms with Gasteiger partial charge in [-0.05, 0) is 36.0 Å². The zero-order chi connectivity index (χ0) is 15.2. The van der Waals surface area contributed by atoms with E-state index < -0.39 is 0 Å². The van der Waals surface area contributed by atoms with Crippen LogP contribution in [0.25, 0.3) is 5.69 Å². The van der Waals surface area contributed by atoms with Crippen molar-refractivity contribution in [3.05, 3.63) is 47.5 Å². The fourth-order valence-corrected chi connectivity index (χ4v) is 2.02. The highest BCUT2D eigenvalue weighted by atomic mass is 15.0. The van der Waals surface area contributed by atoms with E-state index >= 15 is 0 Å². The SMILES string of the molecule is [2H]c1nc([2H])n(-c2c(C)cc(C(C)(C)C)cc2C)c1[2H]. The molecule has 0 radical (unpaired) electrons. The zero-order valence-corrected chi connectivity index (χ0v) is 11.0. The predicted molar refractivity (Wildman–Crippen MR) is 71.7 cm³/mol. The van der Waals surface area contributed by atoms with Crippen LogP contribution in [0.4, 0.5) is 0 Å². The van der Waals surface area contributed by atoms with Crippen molar-refractivity contribution in [2.24, 2.45) is 0 Å². The first-order valence-corrected chi connectivity index (χ1v) is 5.77. The summed E-state index contributed by atoms with van der Waals surface area (Å²) >= 11 is 0. The smallest absolute Gasteiger partial charge is 0.105 e. The number of benzene rings is 1. The molecule has 0 saturated carbocycles. The van der Waals surface area contributed by atoms with Crippen LogP contribution in [0.2, 0.25) is 0 Å². The van der Waals surface area contributed by atoms with Crippen LogP contribution in [0, 0.1) is 13.8 Å². The van der Waals surface area contributed by atoms with Gasteiger partial charge in [0.15, 0.2) is 0 Å². The van der Waals surface area contributed by atoms with E-state index in [4.69, 9.17) is 4.11 Å². The van der Waals surface area contributed by atoms with Crippen molar-refractivity contribution in [1.82, 2.24) is 9.55 Å². The van der Waals surface area contributed by atoms with Gasteiger partial charge in [0.25, 0.3) is 0 Å². The van der Waals surface area contributed by atoms with Gasteiger partial charge in [-0.2, -0.15) is 0 Å². The maximum Gasteiger partial charge on any atom is 0.105 e. The molecule has 0 aliphatic heterocycles. The quantitative estimate of drug-likeness (QED) is 0.730. The number of aromatic nitrogens is 2. The molecule has 2 heteroatoms. The lowest BCUT2D eigenvalue weighted by Gasteiger charge is -2.22. The van der Waals surface area contributed by atoms with Gasteiger partial charge in [0, 0.05) is 12.3 Å². The highest BCUT2D eigenvalue weighted by Crippen LogP contribution is 2.28.